The lowest BCUT2D eigenvalue weighted by atomic mass is 9.92. The molecule has 4 rings (SSSR count). The van der Waals surface area contributed by atoms with Crippen LogP contribution in [0.25, 0.3) is 32.8 Å². The summed E-state index contributed by atoms with van der Waals surface area (Å²) in [6, 6.07) is 23.5. The lowest BCUT2D eigenvalue weighted by molar-refractivity contribution is 0.796. The third kappa shape index (κ3) is 3.05. The van der Waals surface area contributed by atoms with Gasteiger partial charge in [-0.25, -0.2) is 0 Å². The van der Waals surface area contributed by atoms with Crippen molar-refractivity contribution in [3.63, 3.8) is 0 Å². The van der Waals surface area contributed by atoms with E-state index >= 15 is 0 Å². The number of hydrogen-bond donors (Lipinski definition) is 0. The fraction of sp³-hybridized carbons (Fsp3) is 0.174. The van der Waals surface area contributed by atoms with Gasteiger partial charge in [-0.15, -0.1) is 0 Å². The largest absolute Gasteiger partial charge is 0.264 e. The Labute approximate surface area is 150 Å². The van der Waals surface area contributed by atoms with E-state index in [4.69, 9.17) is 7.85 Å². The van der Waals surface area contributed by atoms with E-state index in [9.17, 15) is 0 Å². The summed E-state index contributed by atoms with van der Waals surface area (Å²) in [6.45, 7) is 2.23. The molecular formula is C23H20BN. The zero-order chi connectivity index (χ0) is 17.2. The molecule has 0 amide bonds. The lowest BCUT2D eigenvalue weighted by Gasteiger charge is -2.13. The van der Waals surface area contributed by atoms with Crippen LogP contribution >= 0.6 is 0 Å². The van der Waals surface area contributed by atoms with Gasteiger partial charge in [-0.2, -0.15) is 0 Å². The highest BCUT2D eigenvalue weighted by atomic mass is 14.7. The average molecular weight is 321 g/mol. The maximum absolute atomic E-state index is 5.95. The van der Waals surface area contributed by atoms with Gasteiger partial charge < -0.3 is 0 Å². The third-order valence-electron chi connectivity index (χ3n) is 4.77. The van der Waals surface area contributed by atoms with Crippen LogP contribution in [0.3, 0.4) is 0 Å². The molecule has 0 spiro atoms. The van der Waals surface area contributed by atoms with Crippen molar-refractivity contribution in [1.29, 1.82) is 0 Å². The summed E-state index contributed by atoms with van der Waals surface area (Å²) in [7, 11) is 5.95. The van der Waals surface area contributed by atoms with E-state index in [1.165, 1.54) is 45.5 Å². The Hall–Kier alpha value is -2.61. The summed E-state index contributed by atoms with van der Waals surface area (Å²) in [4.78, 5) is 4.59. The summed E-state index contributed by atoms with van der Waals surface area (Å²) in [5.41, 5.74) is 4.06. The molecule has 1 heterocycles. The maximum atomic E-state index is 5.95. The Bertz CT molecular complexity index is 1050. The molecule has 4 aromatic rings. The first-order valence-electron chi connectivity index (χ1n) is 8.93. The summed E-state index contributed by atoms with van der Waals surface area (Å²) < 4.78 is 0. The summed E-state index contributed by atoms with van der Waals surface area (Å²) >= 11 is 0. The minimum absolute atomic E-state index is 0.554. The molecule has 0 aliphatic carbocycles. The van der Waals surface area contributed by atoms with E-state index in [2.05, 4.69) is 60.4 Å². The molecule has 0 unspecified atom stereocenters. The van der Waals surface area contributed by atoms with Crippen LogP contribution < -0.4 is 5.59 Å². The lowest BCUT2D eigenvalue weighted by Crippen LogP contribution is -2.07. The van der Waals surface area contributed by atoms with Crippen LogP contribution in [0.4, 0.5) is 0 Å². The fourth-order valence-corrected chi connectivity index (χ4v) is 3.53. The van der Waals surface area contributed by atoms with Crippen molar-refractivity contribution < 1.29 is 0 Å². The number of hydrogen-bond acceptors (Lipinski definition) is 1. The Balaban J connectivity index is 2.02. The second kappa shape index (κ2) is 6.72. The number of benzene rings is 3. The molecule has 120 valence electrons. The summed E-state index contributed by atoms with van der Waals surface area (Å²) in [6.07, 6.45) is 3.57. The molecule has 3 aromatic carbocycles. The van der Waals surface area contributed by atoms with Crippen LogP contribution in [-0.2, 0) is 6.42 Å². The highest BCUT2D eigenvalue weighted by molar-refractivity contribution is 6.30. The monoisotopic (exact) mass is 321 g/mol. The maximum Gasteiger partial charge on any atom is 0.141 e. The highest BCUT2D eigenvalue weighted by Gasteiger charge is 2.11. The van der Waals surface area contributed by atoms with Crippen molar-refractivity contribution >= 4 is 35.0 Å². The quantitative estimate of drug-likeness (QED) is 0.372. The second-order valence-electron chi connectivity index (χ2n) is 6.58. The van der Waals surface area contributed by atoms with Crippen LogP contribution in [0, 0.1) is 0 Å². The van der Waals surface area contributed by atoms with Gasteiger partial charge in [0.25, 0.3) is 0 Å². The molecule has 1 aromatic heterocycles. The molecule has 0 aliphatic heterocycles. The average Bonchev–Trinajstić information content (AvgIpc) is 2.64. The van der Waals surface area contributed by atoms with E-state index in [0.717, 1.165) is 12.1 Å². The zero-order valence-corrected chi connectivity index (χ0v) is 14.5. The number of nitrogens with zero attached hydrogens (tertiary/aromatic N) is 1. The molecule has 1 nitrogen and oxygen atoms in total. The van der Waals surface area contributed by atoms with Gasteiger partial charge >= 0.3 is 0 Å². The number of pyridine rings is 1. The van der Waals surface area contributed by atoms with Gasteiger partial charge in [0.05, 0.1) is 5.69 Å². The third-order valence-corrected chi connectivity index (χ3v) is 4.77. The predicted octanol–water partition coefficient (Wildman–Crippen LogP) is 5.19. The number of aryl methyl sites for hydroxylation is 1. The zero-order valence-electron chi connectivity index (χ0n) is 14.5. The van der Waals surface area contributed by atoms with Crippen molar-refractivity contribution in [2.75, 3.05) is 0 Å². The molecule has 0 fully saturated rings. The van der Waals surface area contributed by atoms with Crippen molar-refractivity contribution in [2.45, 2.75) is 26.2 Å². The van der Waals surface area contributed by atoms with Gasteiger partial charge in [0.15, 0.2) is 0 Å². The van der Waals surface area contributed by atoms with Gasteiger partial charge in [0.1, 0.15) is 7.85 Å². The smallest absolute Gasteiger partial charge is 0.141 e. The van der Waals surface area contributed by atoms with Crippen LogP contribution in [0.15, 0.2) is 66.7 Å². The molecule has 0 bridgehead atoms. The Morgan fingerprint density at radius 2 is 1.68 bits per heavy atom. The van der Waals surface area contributed by atoms with E-state index in [1.807, 2.05) is 18.2 Å². The van der Waals surface area contributed by atoms with E-state index in [0.29, 0.717) is 5.59 Å². The van der Waals surface area contributed by atoms with Crippen LogP contribution in [0.2, 0.25) is 0 Å². The van der Waals surface area contributed by atoms with Crippen molar-refractivity contribution in [3.05, 3.63) is 72.3 Å². The fourth-order valence-electron chi connectivity index (χ4n) is 3.53. The summed E-state index contributed by atoms with van der Waals surface area (Å²) in [5, 5.41) is 4.96. The van der Waals surface area contributed by atoms with Gasteiger partial charge in [0, 0.05) is 5.56 Å². The molecule has 0 atom stereocenters. The molecule has 0 saturated carbocycles. The Morgan fingerprint density at radius 3 is 2.52 bits per heavy atom. The molecule has 25 heavy (non-hydrogen) atoms. The highest BCUT2D eigenvalue weighted by Crippen LogP contribution is 2.35. The number of aromatic nitrogens is 1. The van der Waals surface area contributed by atoms with E-state index < -0.39 is 0 Å². The van der Waals surface area contributed by atoms with Crippen molar-refractivity contribution in [2.24, 2.45) is 0 Å². The van der Waals surface area contributed by atoms with Gasteiger partial charge in [-0.05, 0) is 57.7 Å². The minimum atomic E-state index is 0.554. The number of rotatable bonds is 4. The molecule has 0 aliphatic rings. The van der Waals surface area contributed by atoms with Crippen LogP contribution in [0.1, 0.15) is 25.3 Å². The predicted molar refractivity (Wildman–Crippen MR) is 109 cm³/mol. The Morgan fingerprint density at radius 1 is 0.840 bits per heavy atom. The van der Waals surface area contributed by atoms with E-state index in [1.54, 1.807) is 0 Å². The summed E-state index contributed by atoms with van der Waals surface area (Å²) in [5.74, 6) is 0. The van der Waals surface area contributed by atoms with Crippen LogP contribution in [0.5, 0.6) is 0 Å². The Kier molecular flexibility index (Phi) is 4.27. The first-order valence-corrected chi connectivity index (χ1v) is 8.93. The SMILES string of the molecule is [B]c1cccc(-c2c3ccccc3cc3cc(CCCC)ccc23)n1. The number of fused-ring (bicyclic) bond motifs is 2. The van der Waals surface area contributed by atoms with Crippen molar-refractivity contribution in [3.8, 4) is 11.3 Å². The normalized spacial score (nSPS) is 11.2. The standard InChI is InChI=1S/C23H20BN/c1-2-3-7-16-12-13-20-18(14-16)15-17-8-4-5-9-19(17)23(20)21-10-6-11-22(24)25-21/h4-6,8-15H,2-3,7H2,1H3. The van der Waals surface area contributed by atoms with Crippen molar-refractivity contribution in [1.82, 2.24) is 4.98 Å². The first-order chi connectivity index (χ1) is 12.3. The second-order valence-corrected chi connectivity index (χ2v) is 6.58. The van der Waals surface area contributed by atoms with Gasteiger partial charge in [-0.1, -0.05) is 67.9 Å². The van der Waals surface area contributed by atoms with Crippen LogP contribution in [-0.4, -0.2) is 12.8 Å². The van der Waals surface area contributed by atoms with Gasteiger partial charge in [0.2, 0.25) is 0 Å². The first kappa shape index (κ1) is 15.9. The van der Waals surface area contributed by atoms with E-state index in [-0.39, 0.29) is 0 Å². The molecule has 0 N–H and O–H groups in total. The number of unbranched alkanes of at least 4 members (excludes halogenated alkanes) is 1. The molecule has 2 radical (unpaired) electrons. The van der Waals surface area contributed by atoms with Gasteiger partial charge in [-0.3, -0.25) is 4.98 Å². The molecular weight excluding hydrogens is 301 g/mol. The molecule has 0 saturated heterocycles. The minimum Gasteiger partial charge on any atom is -0.264 e. The topological polar surface area (TPSA) is 12.9 Å². The molecule has 2 heteroatoms.